The van der Waals surface area contributed by atoms with Gasteiger partial charge in [0.1, 0.15) is 6.71 Å². The van der Waals surface area contributed by atoms with Gasteiger partial charge in [0.25, 0.3) is 0 Å². The third kappa shape index (κ3) is 1.86. The molecule has 1 heterocycles. The molecule has 1 atom stereocenters. The first kappa shape index (κ1) is 8.65. The average molecular weight is 164 g/mol. The van der Waals surface area contributed by atoms with E-state index in [0.29, 0.717) is 0 Å². The molecule has 68 valence electrons. The predicted octanol–water partition coefficient (Wildman–Crippen LogP) is 3.86. The zero-order chi connectivity index (χ0) is 8.39. The van der Waals surface area contributed by atoms with E-state index in [-0.39, 0.29) is 0 Å². The van der Waals surface area contributed by atoms with Crippen molar-refractivity contribution in [2.45, 2.75) is 63.9 Å². The van der Waals surface area contributed by atoms with Gasteiger partial charge in [-0.1, -0.05) is 63.9 Å². The normalized spacial score (nSPS) is 31.8. The van der Waals surface area contributed by atoms with Crippen molar-refractivity contribution in [3.8, 4) is 0 Å². The lowest BCUT2D eigenvalue weighted by atomic mass is 9.39. The summed E-state index contributed by atoms with van der Waals surface area (Å²) < 4.78 is 0. The van der Waals surface area contributed by atoms with Gasteiger partial charge in [0.15, 0.2) is 0 Å². The van der Waals surface area contributed by atoms with Gasteiger partial charge in [-0.15, -0.1) is 0 Å². The predicted molar refractivity (Wildman–Crippen MR) is 56.0 cm³/mol. The molecule has 1 heteroatoms. The molecule has 0 amide bonds. The van der Waals surface area contributed by atoms with Crippen LogP contribution in [0.1, 0.15) is 45.4 Å². The molecule has 0 bridgehead atoms. The molecule has 0 spiro atoms. The summed E-state index contributed by atoms with van der Waals surface area (Å²) in [6.07, 6.45) is 12.3. The van der Waals surface area contributed by atoms with Crippen LogP contribution in [0.3, 0.4) is 0 Å². The van der Waals surface area contributed by atoms with Crippen molar-refractivity contribution in [3.63, 3.8) is 0 Å². The summed E-state index contributed by atoms with van der Waals surface area (Å²) >= 11 is 0. The van der Waals surface area contributed by atoms with Gasteiger partial charge in [-0.05, 0) is 5.92 Å². The summed E-state index contributed by atoms with van der Waals surface area (Å²) in [5, 5.41) is 0. The second-order valence-electron chi connectivity index (χ2n) is 5.05. The van der Waals surface area contributed by atoms with Gasteiger partial charge in [0, 0.05) is 0 Å². The van der Waals surface area contributed by atoms with Gasteiger partial charge in [-0.3, -0.25) is 0 Å². The SMILES string of the molecule is CC1CCCB1CC1CCCC1. The Labute approximate surface area is 77.2 Å². The average Bonchev–Trinajstić information content (AvgIpc) is 2.65. The van der Waals surface area contributed by atoms with Crippen LogP contribution in [0.25, 0.3) is 0 Å². The smallest absolute Gasteiger partial charge is 0.0739 e. The standard InChI is InChI=1S/C11H21B/c1-10-5-4-8-12(10)9-11-6-2-3-7-11/h10-11H,2-9H2,1H3. The van der Waals surface area contributed by atoms with Crippen LogP contribution in [-0.4, -0.2) is 6.71 Å². The Bertz CT molecular complexity index is 138. The first-order chi connectivity index (χ1) is 5.86. The van der Waals surface area contributed by atoms with Crippen molar-refractivity contribution in [1.29, 1.82) is 0 Å². The number of rotatable bonds is 2. The van der Waals surface area contributed by atoms with E-state index in [0.717, 1.165) is 18.4 Å². The van der Waals surface area contributed by atoms with E-state index in [1.54, 1.807) is 19.2 Å². The molecular weight excluding hydrogens is 143 g/mol. The summed E-state index contributed by atoms with van der Waals surface area (Å²) in [5.41, 5.74) is 0. The molecule has 0 N–H and O–H groups in total. The molecule has 0 aromatic carbocycles. The molecule has 1 saturated carbocycles. The molecule has 0 nitrogen and oxygen atoms in total. The topological polar surface area (TPSA) is 0 Å². The van der Waals surface area contributed by atoms with Crippen LogP contribution in [0.5, 0.6) is 0 Å². The van der Waals surface area contributed by atoms with E-state index in [2.05, 4.69) is 6.92 Å². The largest absolute Gasteiger partial charge is 0.143 e. The lowest BCUT2D eigenvalue weighted by Gasteiger charge is -2.15. The minimum Gasteiger partial charge on any atom is -0.0739 e. The maximum absolute atomic E-state index is 2.46. The fraction of sp³-hybridized carbons (Fsp3) is 1.00. The maximum Gasteiger partial charge on any atom is 0.143 e. The van der Waals surface area contributed by atoms with Crippen LogP contribution >= 0.6 is 0 Å². The van der Waals surface area contributed by atoms with Crippen molar-refractivity contribution < 1.29 is 0 Å². The van der Waals surface area contributed by atoms with Gasteiger partial charge < -0.3 is 0 Å². The highest BCUT2D eigenvalue weighted by atomic mass is 14.2. The number of hydrogen-bond donors (Lipinski definition) is 0. The fourth-order valence-electron chi connectivity index (χ4n) is 3.25. The molecule has 1 saturated heterocycles. The van der Waals surface area contributed by atoms with E-state index in [1.807, 2.05) is 0 Å². The van der Waals surface area contributed by atoms with E-state index in [1.165, 1.54) is 32.0 Å². The Morgan fingerprint density at radius 2 is 1.83 bits per heavy atom. The lowest BCUT2D eigenvalue weighted by molar-refractivity contribution is 0.602. The van der Waals surface area contributed by atoms with Crippen molar-refractivity contribution in [2.24, 2.45) is 5.92 Å². The molecule has 2 rings (SSSR count). The van der Waals surface area contributed by atoms with Gasteiger partial charge in [-0.2, -0.15) is 0 Å². The second kappa shape index (κ2) is 3.85. The van der Waals surface area contributed by atoms with E-state index < -0.39 is 0 Å². The Kier molecular flexibility index (Phi) is 2.78. The summed E-state index contributed by atoms with van der Waals surface area (Å²) in [5.74, 6) is 2.17. The van der Waals surface area contributed by atoms with Gasteiger partial charge in [0.05, 0.1) is 0 Å². The van der Waals surface area contributed by atoms with Crippen LogP contribution in [0.4, 0.5) is 0 Å². The molecule has 2 aliphatic rings. The summed E-state index contributed by atoms with van der Waals surface area (Å²) in [6, 6.07) is 0. The summed E-state index contributed by atoms with van der Waals surface area (Å²) in [7, 11) is 0. The van der Waals surface area contributed by atoms with Crippen LogP contribution in [-0.2, 0) is 0 Å². The molecule has 0 aromatic heterocycles. The van der Waals surface area contributed by atoms with Crippen LogP contribution in [0.2, 0.25) is 18.5 Å². The minimum atomic E-state index is 1.05. The van der Waals surface area contributed by atoms with E-state index in [9.17, 15) is 0 Å². The van der Waals surface area contributed by atoms with Gasteiger partial charge >= 0.3 is 0 Å². The van der Waals surface area contributed by atoms with Crippen molar-refractivity contribution in [3.05, 3.63) is 0 Å². The zero-order valence-electron chi connectivity index (χ0n) is 8.39. The van der Waals surface area contributed by atoms with Crippen LogP contribution < -0.4 is 0 Å². The van der Waals surface area contributed by atoms with Crippen molar-refractivity contribution in [2.75, 3.05) is 0 Å². The first-order valence-corrected chi connectivity index (χ1v) is 5.86. The van der Waals surface area contributed by atoms with E-state index >= 15 is 0 Å². The Morgan fingerprint density at radius 1 is 1.08 bits per heavy atom. The quantitative estimate of drug-likeness (QED) is 0.543. The molecule has 1 aliphatic heterocycles. The minimum absolute atomic E-state index is 1.05. The monoisotopic (exact) mass is 164 g/mol. The summed E-state index contributed by atoms with van der Waals surface area (Å²) in [6.45, 7) is 3.57. The molecule has 0 aromatic rings. The third-order valence-electron chi connectivity index (χ3n) is 4.15. The number of hydrogen-bond acceptors (Lipinski definition) is 0. The molecule has 0 radical (unpaired) electrons. The maximum atomic E-state index is 2.46. The van der Waals surface area contributed by atoms with Gasteiger partial charge in [0.2, 0.25) is 0 Å². The molecule has 12 heavy (non-hydrogen) atoms. The Balaban J connectivity index is 1.77. The zero-order valence-corrected chi connectivity index (χ0v) is 8.39. The van der Waals surface area contributed by atoms with Gasteiger partial charge in [-0.25, -0.2) is 0 Å². The third-order valence-corrected chi connectivity index (χ3v) is 4.15. The van der Waals surface area contributed by atoms with Crippen molar-refractivity contribution in [1.82, 2.24) is 0 Å². The highest BCUT2D eigenvalue weighted by Crippen LogP contribution is 2.38. The second-order valence-corrected chi connectivity index (χ2v) is 5.05. The van der Waals surface area contributed by atoms with Crippen molar-refractivity contribution >= 4 is 6.71 Å². The molecule has 1 unspecified atom stereocenters. The highest BCUT2D eigenvalue weighted by Gasteiger charge is 2.30. The van der Waals surface area contributed by atoms with Crippen LogP contribution in [0, 0.1) is 5.92 Å². The fourth-order valence-corrected chi connectivity index (χ4v) is 3.25. The highest BCUT2D eigenvalue weighted by molar-refractivity contribution is 6.61. The molecule has 2 fully saturated rings. The van der Waals surface area contributed by atoms with E-state index in [4.69, 9.17) is 0 Å². The first-order valence-electron chi connectivity index (χ1n) is 5.86. The Hall–Kier alpha value is 0.0649. The molecule has 1 aliphatic carbocycles. The lowest BCUT2D eigenvalue weighted by Crippen LogP contribution is -2.15. The van der Waals surface area contributed by atoms with Crippen LogP contribution in [0.15, 0.2) is 0 Å². The Morgan fingerprint density at radius 3 is 2.42 bits per heavy atom. The molecular formula is C11H21B. The summed E-state index contributed by atoms with van der Waals surface area (Å²) in [4.78, 5) is 0.